The van der Waals surface area contributed by atoms with Crippen molar-refractivity contribution < 1.29 is 13.9 Å². The van der Waals surface area contributed by atoms with Crippen LogP contribution in [0.5, 0.6) is 5.75 Å². The maximum Gasteiger partial charge on any atom is 0.248 e. The highest BCUT2D eigenvalue weighted by atomic mass is 35.5. The van der Waals surface area contributed by atoms with E-state index in [1.54, 1.807) is 24.3 Å². The van der Waals surface area contributed by atoms with Gasteiger partial charge in [0.1, 0.15) is 23.7 Å². The van der Waals surface area contributed by atoms with Crippen LogP contribution in [0.2, 0.25) is 5.02 Å². The standard InChI is InChI=1S/C28H31ClFN5O2/c1-2-37-25-15-23-20(27(32-18-31-23)33-19-8-9-22(30)21(29)13-19)14-24(25)34-26(36)7-6-12-35-16-28(17-35)10-4-3-5-11-28/h6-9,13-15,18H,2-5,10-12,16-17H2,1H3,(H,34,36)(H,31,32,33)/b7-6+. The van der Waals surface area contributed by atoms with Gasteiger partial charge in [0.15, 0.2) is 0 Å². The molecule has 1 aliphatic carbocycles. The van der Waals surface area contributed by atoms with Crippen molar-refractivity contribution in [2.75, 3.05) is 36.9 Å². The molecule has 0 unspecified atom stereocenters. The van der Waals surface area contributed by atoms with Gasteiger partial charge in [0.25, 0.3) is 0 Å². The number of aromatic nitrogens is 2. The summed E-state index contributed by atoms with van der Waals surface area (Å²) in [5, 5.41) is 6.77. The zero-order valence-corrected chi connectivity index (χ0v) is 21.7. The molecule has 2 aliphatic rings. The molecule has 9 heteroatoms. The first-order valence-electron chi connectivity index (χ1n) is 12.8. The van der Waals surface area contributed by atoms with E-state index in [0.717, 1.165) is 19.6 Å². The highest BCUT2D eigenvalue weighted by Gasteiger charge is 2.42. The van der Waals surface area contributed by atoms with Crippen LogP contribution in [0.4, 0.5) is 21.6 Å². The largest absolute Gasteiger partial charge is 0.492 e. The first-order chi connectivity index (χ1) is 17.9. The molecule has 1 aliphatic heterocycles. The predicted octanol–water partition coefficient (Wildman–Crippen LogP) is 6.33. The first-order valence-corrected chi connectivity index (χ1v) is 13.2. The Morgan fingerprint density at radius 2 is 2.00 bits per heavy atom. The summed E-state index contributed by atoms with van der Waals surface area (Å²) >= 11 is 5.93. The Bertz CT molecular complexity index is 1320. The molecule has 1 saturated carbocycles. The van der Waals surface area contributed by atoms with Gasteiger partial charge in [0.05, 0.1) is 22.8 Å². The summed E-state index contributed by atoms with van der Waals surface area (Å²) in [7, 11) is 0. The van der Waals surface area contributed by atoms with E-state index in [0.29, 0.717) is 45.9 Å². The summed E-state index contributed by atoms with van der Waals surface area (Å²) in [6, 6.07) is 7.90. The van der Waals surface area contributed by atoms with Crippen molar-refractivity contribution in [2.45, 2.75) is 39.0 Å². The van der Waals surface area contributed by atoms with E-state index >= 15 is 0 Å². The fourth-order valence-corrected chi connectivity index (χ4v) is 5.58. The molecule has 1 spiro atoms. The smallest absolute Gasteiger partial charge is 0.248 e. The number of carbonyl (C=O) groups is 1. The van der Waals surface area contributed by atoms with E-state index in [4.69, 9.17) is 16.3 Å². The van der Waals surface area contributed by atoms with Crippen molar-refractivity contribution in [3.63, 3.8) is 0 Å². The summed E-state index contributed by atoms with van der Waals surface area (Å²) in [5.74, 6) is 0.288. The third-order valence-corrected chi connectivity index (χ3v) is 7.43. The topological polar surface area (TPSA) is 79.4 Å². The molecule has 0 atom stereocenters. The fraction of sp³-hybridized carbons (Fsp3) is 0.393. The minimum Gasteiger partial charge on any atom is -0.492 e. The summed E-state index contributed by atoms with van der Waals surface area (Å²) in [6.45, 7) is 5.35. The number of benzene rings is 2. The van der Waals surface area contributed by atoms with E-state index in [1.165, 1.54) is 50.6 Å². The van der Waals surface area contributed by atoms with Crippen molar-refractivity contribution in [3.05, 3.63) is 59.7 Å². The van der Waals surface area contributed by atoms with Gasteiger partial charge in [-0.3, -0.25) is 9.69 Å². The highest BCUT2D eigenvalue weighted by Crippen LogP contribution is 2.43. The molecule has 0 radical (unpaired) electrons. The van der Waals surface area contributed by atoms with E-state index < -0.39 is 5.82 Å². The Labute approximate surface area is 221 Å². The van der Waals surface area contributed by atoms with Crippen LogP contribution in [0.1, 0.15) is 39.0 Å². The molecule has 1 saturated heterocycles. The van der Waals surface area contributed by atoms with Crippen LogP contribution in [-0.4, -0.2) is 47.0 Å². The van der Waals surface area contributed by atoms with E-state index in [9.17, 15) is 9.18 Å². The van der Waals surface area contributed by atoms with E-state index in [2.05, 4.69) is 25.5 Å². The average molecular weight is 524 g/mol. The lowest BCUT2D eigenvalue weighted by Gasteiger charge is -2.52. The summed E-state index contributed by atoms with van der Waals surface area (Å²) < 4.78 is 19.4. The number of anilines is 3. The molecule has 2 heterocycles. The Hall–Kier alpha value is -3.23. The van der Waals surface area contributed by atoms with Gasteiger partial charge in [-0.2, -0.15) is 0 Å². The minimum atomic E-state index is -0.498. The molecule has 7 nitrogen and oxygen atoms in total. The van der Waals surface area contributed by atoms with Crippen LogP contribution in [0, 0.1) is 11.2 Å². The molecule has 2 aromatic carbocycles. The molecule has 3 aromatic rings. The van der Waals surface area contributed by atoms with Crippen molar-refractivity contribution in [1.82, 2.24) is 14.9 Å². The molecule has 0 bridgehead atoms. The number of nitrogens with one attached hydrogen (secondary N) is 2. The molecular weight excluding hydrogens is 493 g/mol. The van der Waals surface area contributed by atoms with Gasteiger partial charge in [-0.15, -0.1) is 0 Å². The highest BCUT2D eigenvalue weighted by molar-refractivity contribution is 6.31. The van der Waals surface area contributed by atoms with Gasteiger partial charge in [-0.25, -0.2) is 14.4 Å². The van der Waals surface area contributed by atoms with Crippen LogP contribution in [-0.2, 0) is 4.79 Å². The third-order valence-electron chi connectivity index (χ3n) is 7.14. The molecule has 1 amide bonds. The summed E-state index contributed by atoms with van der Waals surface area (Å²) in [5.41, 5.74) is 2.26. The van der Waals surface area contributed by atoms with Gasteiger partial charge >= 0.3 is 0 Å². The maximum absolute atomic E-state index is 13.6. The number of carbonyl (C=O) groups excluding carboxylic acids is 1. The molecule has 5 rings (SSSR count). The minimum absolute atomic E-state index is 0.00821. The van der Waals surface area contributed by atoms with Crippen LogP contribution < -0.4 is 15.4 Å². The van der Waals surface area contributed by atoms with Gasteiger partial charge < -0.3 is 15.4 Å². The monoisotopic (exact) mass is 523 g/mol. The van der Waals surface area contributed by atoms with Gasteiger partial charge in [-0.05, 0) is 49.4 Å². The van der Waals surface area contributed by atoms with Crippen LogP contribution in [0.15, 0.2) is 48.8 Å². The van der Waals surface area contributed by atoms with Gasteiger partial charge in [0, 0.05) is 42.9 Å². The Balaban J connectivity index is 1.29. The third kappa shape index (κ3) is 5.86. The van der Waals surface area contributed by atoms with Crippen LogP contribution in [0.25, 0.3) is 10.9 Å². The Kier molecular flexibility index (Phi) is 7.58. The SMILES string of the molecule is CCOc1cc2ncnc(Nc3ccc(F)c(Cl)c3)c2cc1NC(=O)/C=C/CN1CC2(CCCCC2)C1. The lowest BCUT2D eigenvalue weighted by atomic mass is 9.69. The van der Waals surface area contributed by atoms with Crippen LogP contribution >= 0.6 is 11.6 Å². The van der Waals surface area contributed by atoms with E-state index in [1.807, 2.05) is 13.0 Å². The molecule has 2 N–H and O–H groups in total. The lowest BCUT2D eigenvalue weighted by molar-refractivity contribution is -0.112. The fourth-order valence-electron chi connectivity index (χ4n) is 5.40. The number of amides is 1. The van der Waals surface area contributed by atoms with Crippen LogP contribution in [0.3, 0.4) is 0 Å². The number of halogens is 2. The Morgan fingerprint density at radius 1 is 1.19 bits per heavy atom. The number of hydrogen-bond acceptors (Lipinski definition) is 6. The molecular formula is C28H31ClFN5O2. The number of hydrogen-bond donors (Lipinski definition) is 2. The Morgan fingerprint density at radius 3 is 2.76 bits per heavy atom. The van der Waals surface area contributed by atoms with E-state index in [-0.39, 0.29) is 10.9 Å². The van der Waals surface area contributed by atoms with Crippen molar-refractivity contribution in [3.8, 4) is 5.75 Å². The summed E-state index contributed by atoms with van der Waals surface area (Å²) in [4.78, 5) is 23.8. The zero-order valence-electron chi connectivity index (χ0n) is 20.9. The molecule has 1 aromatic heterocycles. The lowest BCUT2D eigenvalue weighted by Crippen LogP contribution is -2.56. The normalized spacial score (nSPS) is 17.2. The number of nitrogens with zero attached hydrogens (tertiary/aromatic N) is 3. The second-order valence-corrected chi connectivity index (χ2v) is 10.3. The second kappa shape index (κ2) is 11.0. The first kappa shape index (κ1) is 25.4. The zero-order chi connectivity index (χ0) is 25.8. The molecule has 2 fully saturated rings. The summed E-state index contributed by atoms with van der Waals surface area (Å²) in [6.07, 6.45) is 11.7. The number of fused-ring (bicyclic) bond motifs is 1. The molecule has 37 heavy (non-hydrogen) atoms. The van der Waals surface area contributed by atoms with Crippen molar-refractivity contribution in [2.24, 2.45) is 5.41 Å². The second-order valence-electron chi connectivity index (χ2n) is 9.90. The van der Waals surface area contributed by atoms with Gasteiger partial charge in [-0.1, -0.05) is 36.9 Å². The molecule has 194 valence electrons. The average Bonchev–Trinajstić information content (AvgIpc) is 2.87. The quantitative estimate of drug-likeness (QED) is 0.336. The predicted molar refractivity (Wildman–Crippen MR) is 145 cm³/mol. The van der Waals surface area contributed by atoms with Gasteiger partial charge in [0.2, 0.25) is 5.91 Å². The van der Waals surface area contributed by atoms with Crippen molar-refractivity contribution >= 4 is 45.6 Å². The number of rotatable bonds is 8. The van der Waals surface area contributed by atoms with Crippen molar-refractivity contribution in [1.29, 1.82) is 0 Å². The maximum atomic E-state index is 13.6. The number of likely N-dealkylation sites (tertiary alicyclic amines) is 1. The number of ether oxygens (including phenoxy) is 1.